The molecule has 0 saturated heterocycles. The summed E-state index contributed by atoms with van der Waals surface area (Å²) in [6.07, 6.45) is 16.8. The van der Waals surface area contributed by atoms with Gasteiger partial charge in [-0.1, -0.05) is 105 Å². The minimum Gasteiger partial charge on any atom is -0.494 e. The standard InChI is InChI=1S/C35H52O5/c1-5-28(3)17-15-13-11-9-7-8-10-12-14-16-26-38-32-22-18-31(19-23-32)35(37)40-33-24-20-30(21-25-33)34(36)39-27-29(4)6-2/h18-25,28-29H,5-17,26-27H2,1-4H3. The topological polar surface area (TPSA) is 61.8 Å². The van der Waals surface area contributed by atoms with Gasteiger partial charge in [0, 0.05) is 0 Å². The highest BCUT2D eigenvalue weighted by Crippen LogP contribution is 2.19. The zero-order valence-electron chi connectivity index (χ0n) is 25.4. The molecule has 0 N–H and O–H groups in total. The van der Waals surface area contributed by atoms with Crippen molar-refractivity contribution in [3.05, 3.63) is 59.7 Å². The van der Waals surface area contributed by atoms with Crippen LogP contribution in [0.5, 0.6) is 11.5 Å². The monoisotopic (exact) mass is 552 g/mol. The van der Waals surface area contributed by atoms with Crippen LogP contribution in [0.3, 0.4) is 0 Å². The molecule has 0 bridgehead atoms. The summed E-state index contributed by atoms with van der Waals surface area (Å²) in [5.41, 5.74) is 0.878. The number of unbranched alkanes of at least 4 members (excludes halogenated alkanes) is 9. The highest BCUT2D eigenvalue weighted by Gasteiger charge is 2.12. The van der Waals surface area contributed by atoms with Gasteiger partial charge >= 0.3 is 11.9 Å². The van der Waals surface area contributed by atoms with Crippen LogP contribution in [-0.2, 0) is 4.74 Å². The maximum atomic E-state index is 12.5. The Morgan fingerprint density at radius 2 is 1.07 bits per heavy atom. The van der Waals surface area contributed by atoms with Crippen LogP contribution in [0.15, 0.2) is 48.5 Å². The van der Waals surface area contributed by atoms with Crippen LogP contribution >= 0.6 is 0 Å². The lowest BCUT2D eigenvalue weighted by Gasteiger charge is -2.10. The zero-order chi connectivity index (χ0) is 29.0. The number of rotatable bonds is 21. The Bertz CT molecular complexity index is 951. The Kier molecular flexibility index (Phi) is 16.8. The third-order valence-electron chi connectivity index (χ3n) is 7.64. The normalized spacial score (nSPS) is 12.5. The lowest BCUT2D eigenvalue weighted by Crippen LogP contribution is -2.12. The van der Waals surface area contributed by atoms with Gasteiger partial charge in [-0.15, -0.1) is 0 Å². The molecule has 0 amide bonds. The Hall–Kier alpha value is -2.82. The van der Waals surface area contributed by atoms with Gasteiger partial charge in [0.15, 0.2) is 0 Å². The molecule has 40 heavy (non-hydrogen) atoms. The number of hydrogen-bond donors (Lipinski definition) is 0. The van der Waals surface area contributed by atoms with E-state index >= 15 is 0 Å². The van der Waals surface area contributed by atoms with E-state index in [0.29, 0.717) is 36.0 Å². The van der Waals surface area contributed by atoms with Crippen LogP contribution in [0.25, 0.3) is 0 Å². The second kappa shape index (κ2) is 20.1. The molecule has 0 fully saturated rings. The molecule has 0 saturated carbocycles. The van der Waals surface area contributed by atoms with E-state index in [2.05, 4.69) is 20.8 Å². The van der Waals surface area contributed by atoms with E-state index in [4.69, 9.17) is 14.2 Å². The van der Waals surface area contributed by atoms with Crippen LogP contribution in [0, 0.1) is 11.8 Å². The lowest BCUT2D eigenvalue weighted by atomic mass is 9.99. The highest BCUT2D eigenvalue weighted by molar-refractivity contribution is 5.92. The summed E-state index contributed by atoms with van der Waals surface area (Å²) < 4.78 is 16.6. The Labute approximate surface area is 243 Å². The molecular weight excluding hydrogens is 500 g/mol. The van der Waals surface area contributed by atoms with E-state index in [0.717, 1.165) is 24.5 Å². The summed E-state index contributed by atoms with van der Waals surface area (Å²) >= 11 is 0. The fourth-order valence-corrected chi connectivity index (χ4v) is 4.33. The Balaban J connectivity index is 1.55. The Morgan fingerprint density at radius 1 is 0.600 bits per heavy atom. The molecule has 2 unspecified atom stereocenters. The van der Waals surface area contributed by atoms with Gasteiger partial charge in [0.2, 0.25) is 0 Å². The van der Waals surface area contributed by atoms with Crippen molar-refractivity contribution < 1.29 is 23.8 Å². The second-order valence-electron chi connectivity index (χ2n) is 11.2. The first-order valence-corrected chi connectivity index (χ1v) is 15.6. The number of esters is 2. The van der Waals surface area contributed by atoms with E-state index in [9.17, 15) is 9.59 Å². The average molecular weight is 553 g/mol. The van der Waals surface area contributed by atoms with Gasteiger partial charge in [0.25, 0.3) is 0 Å². The molecule has 0 radical (unpaired) electrons. The molecule has 0 aliphatic heterocycles. The summed E-state index contributed by atoms with van der Waals surface area (Å²) in [5, 5.41) is 0. The van der Waals surface area contributed by atoms with Crippen molar-refractivity contribution >= 4 is 11.9 Å². The van der Waals surface area contributed by atoms with Gasteiger partial charge in [0.1, 0.15) is 11.5 Å². The predicted octanol–water partition coefficient (Wildman–Crippen LogP) is 9.82. The minimum absolute atomic E-state index is 0.324. The fourth-order valence-electron chi connectivity index (χ4n) is 4.33. The summed E-state index contributed by atoms with van der Waals surface area (Å²) in [5.74, 6) is 1.52. The van der Waals surface area contributed by atoms with Crippen LogP contribution in [0.4, 0.5) is 0 Å². The van der Waals surface area contributed by atoms with Crippen molar-refractivity contribution in [2.24, 2.45) is 11.8 Å². The van der Waals surface area contributed by atoms with Gasteiger partial charge < -0.3 is 14.2 Å². The van der Waals surface area contributed by atoms with Gasteiger partial charge in [0.05, 0.1) is 24.3 Å². The molecule has 0 heterocycles. The van der Waals surface area contributed by atoms with Crippen molar-refractivity contribution in [1.82, 2.24) is 0 Å². The molecule has 0 spiro atoms. The largest absolute Gasteiger partial charge is 0.494 e. The van der Waals surface area contributed by atoms with Crippen molar-refractivity contribution in [2.75, 3.05) is 13.2 Å². The molecule has 222 valence electrons. The lowest BCUT2D eigenvalue weighted by molar-refractivity contribution is 0.0447. The molecule has 2 aromatic carbocycles. The van der Waals surface area contributed by atoms with Gasteiger partial charge in [-0.05, 0) is 66.8 Å². The minimum atomic E-state index is -0.454. The quantitative estimate of drug-likeness (QED) is 0.0876. The number of carbonyl (C=O) groups excluding carboxylic acids is 2. The van der Waals surface area contributed by atoms with E-state index < -0.39 is 5.97 Å². The smallest absolute Gasteiger partial charge is 0.343 e. The predicted molar refractivity (Wildman–Crippen MR) is 163 cm³/mol. The van der Waals surface area contributed by atoms with Gasteiger partial charge in [-0.25, -0.2) is 9.59 Å². The van der Waals surface area contributed by atoms with Crippen molar-refractivity contribution in [1.29, 1.82) is 0 Å². The van der Waals surface area contributed by atoms with Crippen molar-refractivity contribution in [2.45, 2.75) is 111 Å². The number of carbonyl (C=O) groups is 2. The summed E-state index contributed by atoms with van der Waals surface area (Å²) in [6.45, 7) is 9.83. The van der Waals surface area contributed by atoms with E-state index in [1.54, 1.807) is 48.5 Å². The SMILES string of the molecule is CCC(C)CCCCCCCCCCCCOc1ccc(C(=O)Oc2ccc(C(=O)OCC(C)CC)cc2)cc1. The third kappa shape index (κ3) is 14.0. The summed E-state index contributed by atoms with van der Waals surface area (Å²) in [4.78, 5) is 24.6. The number of benzene rings is 2. The third-order valence-corrected chi connectivity index (χ3v) is 7.64. The van der Waals surface area contributed by atoms with Crippen LogP contribution < -0.4 is 9.47 Å². The molecule has 2 rings (SSSR count). The first-order chi connectivity index (χ1) is 19.4. The average Bonchev–Trinajstić information content (AvgIpc) is 2.98. The molecule has 0 aliphatic carbocycles. The molecule has 2 aromatic rings. The Morgan fingerprint density at radius 3 is 1.62 bits per heavy atom. The van der Waals surface area contributed by atoms with Crippen molar-refractivity contribution in [3.8, 4) is 11.5 Å². The van der Waals surface area contributed by atoms with E-state index in [-0.39, 0.29) is 5.97 Å². The van der Waals surface area contributed by atoms with E-state index in [1.165, 1.54) is 70.6 Å². The molecule has 5 nitrogen and oxygen atoms in total. The number of ether oxygens (including phenoxy) is 3. The van der Waals surface area contributed by atoms with Gasteiger partial charge in [-0.2, -0.15) is 0 Å². The molecule has 0 aromatic heterocycles. The van der Waals surface area contributed by atoms with Crippen LogP contribution in [0.1, 0.15) is 132 Å². The fraction of sp³-hybridized carbons (Fsp3) is 0.600. The highest BCUT2D eigenvalue weighted by atomic mass is 16.5. The maximum Gasteiger partial charge on any atom is 0.343 e. The summed E-state index contributed by atoms with van der Waals surface area (Å²) in [6, 6.07) is 13.4. The first-order valence-electron chi connectivity index (χ1n) is 15.6. The summed E-state index contributed by atoms with van der Waals surface area (Å²) in [7, 11) is 0. The van der Waals surface area contributed by atoms with E-state index in [1.807, 2.05) is 6.92 Å². The molecule has 2 atom stereocenters. The van der Waals surface area contributed by atoms with Crippen LogP contribution in [-0.4, -0.2) is 25.2 Å². The second-order valence-corrected chi connectivity index (χ2v) is 11.2. The molecule has 5 heteroatoms. The van der Waals surface area contributed by atoms with Crippen molar-refractivity contribution in [3.63, 3.8) is 0 Å². The molecule has 0 aliphatic rings. The van der Waals surface area contributed by atoms with Gasteiger partial charge in [-0.3, -0.25) is 0 Å². The first kappa shape index (κ1) is 33.4. The number of hydrogen-bond acceptors (Lipinski definition) is 5. The maximum absolute atomic E-state index is 12.5. The zero-order valence-corrected chi connectivity index (χ0v) is 25.4. The van der Waals surface area contributed by atoms with Crippen LogP contribution in [0.2, 0.25) is 0 Å². The molecular formula is C35H52O5.